The molecule has 0 saturated heterocycles. The van der Waals surface area contributed by atoms with E-state index in [1.807, 2.05) is 67.9 Å². The molecule has 3 N–H and O–H groups in total. The summed E-state index contributed by atoms with van der Waals surface area (Å²) in [7, 11) is 0. The minimum atomic E-state index is -0.687. The Bertz CT molecular complexity index is 978. The Morgan fingerprint density at radius 2 is 2.03 bits per heavy atom. The molecule has 1 aromatic carbocycles. The quantitative estimate of drug-likeness (QED) is 0.215. The smallest absolute Gasteiger partial charge is 0.191 e. The molecule has 172 valence electrons. The summed E-state index contributed by atoms with van der Waals surface area (Å²) in [5.74, 6) is 2.18. The highest BCUT2D eigenvalue weighted by Crippen LogP contribution is 2.20. The number of halogens is 1. The first kappa shape index (κ1) is 25.6. The topological polar surface area (TPSA) is 96.6 Å². The summed E-state index contributed by atoms with van der Waals surface area (Å²) in [6, 6.07) is 11.4. The first-order chi connectivity index (χ1) is 15.0. The SMILES string of the molecule is CCNC(=NCc1ccnc(-n2ccnc2)c1)NCC(O)c1cccc(OC(C)C)c1.I. The van der Waals surface area contributed by atoms with Gasteiger partial charge in [-0.3, -0.25) is 4.57 Å². The lowest BCUT2D eigenvalue weighted by atomic mass is 10.1. The summed E-state index contributed by atoms with van der Waals surface area (Å²) in [6.45, 7) is 7.48. The lowest BCUT2D eigenvalue weighted by Crippen LogP contribution is -2.39. The highest BCUT2D eigenvalue weighted by Gasteiger charge is 2.10. The van der Waals surface area contributed by atoms with Crippen LogP contribution in [0.3, 0.4) is 0 Å². The molecule has 3 aromatic rings. The van der Waals surface area contributed by atoms with Gasteiger partial charge < -0.3 is 20.5 Å². The number of aliphatic hydroxyl groups excluding tert-OH is 1. The van der Waals surface area contributed by atoms with Crippen LogP contribution in [0.5, 0.6) is 5.75 Å². The van der Waals surface area contributed by atoms with Crippen molar-refractivity contribution in [1.29, 1.82) is 0 Å². The zero-order valence-corrected chi connectivity index (χ0v) is 20.9. The maximum atomic E-state index is 10.6. The molecule has 0 spiro atoms. The van der Waals surface area contributed by atoms with E-state index in [9.17, 15) is 5.11 Å². The van der Waals surface area contributed by atoms with Crippen LogP contribution in [-0.4, -0.2) is 44.8 Å². The van der Waals surface area contributed by atoms with Gasteiger partial charge in [0.2, 0.25) is 0 Å². The van der Waals surface area contributed by atoms with Gasteiger partial charge >= 0.3 is 0 Å². The lowest BCUT2D eigenvalue weighted by molar-refractivity contribution is 0.179. The number of nitrogens with zero attached hydrogens (tertiary/aromatic N) is 4. The molecule has 0 aliphatic rings. The van der Waals surface area contributed by atoms with E-state index in [1.165, 1.54) is 0 Å². The summed E-state index contributed by atoms with van der Waals surface area (Å²) < 4.78 is 7.57. The maximum absolute atomic E-state index is 10.6. The number of guanidine groups is 1. The van der Waals surface area contributed by atoms with Crippen LogP contribution >= 0.6 is 24.0 Å². The Morgan fingerprint density at radius 1 is 1.19 bits per heavy atom. The van der Waals surface area contributed by atoms with E-state index in [0.29, 0.717) is 19.0 Å². The zero-order chi connectivity index (χ0) is 22.1. The third kappa shape index (κ3) is 7.79. The van der Waals surface area contributed by atoms with Crippen LogP contribution in [0.15, 0.2) is 66.3 Å². The van der Waals surface area contributed by atoms with Crippen molar-refractivity contribution >= 4 is 29.9 Å². The van der Waals surface area contributed by atoms with Gasteiger partial charge in [0.25, 0.3) is 0 Å². The van der Waals surface area contributed by atoms with Gasteiger partial charge in [-0.25, -0.2) is 15.0 Å². The van der Waals surface area contributed by atoms with Crippen LogP contribution in [0.1, 0.15) is 38.0 Å². The van der Waals surface area contributed by atoms with Crippen LogP contribution < -0.4 is 15.4 Å². The molecule has 1 unspecified atom stereocenters. The van der Waals surface area contributed by atoms with Crippen molar-refractivity contribution in [3.63, 3.8) is 0 Å². The van der Waals surface area contributed by atoms with Crippen LogP contribution in [0.4, 0.5) is 0 Å². The minimum Gasteiger partial charge on any atom is -0.491 e. The summed E-state index contributed by atoms with van der Waals surface area (Å²) in [4.78, 5) is 13.1. The van der Waals surface area contributed by atoms with Crippen molar-refractivity contribution in [3.8, 4) is 11.6 Å². The fourth-order valence-electron chi connectivity index (χ4n) is 2.99. The second kappa shape index (κ2) is 13.0. The number of aliphatic imine (C=N–C) groups is 1. The van der Waals surface area contributed by atoms with E-state index in [0.717, 1.165) is 29.2 Å². The summed E-state index contributed by atoms with van der Waals surface area (Å²) in [5.41, 5.74) is 1.82. The molecule has 0 amide bonds. The van der Waals surface area contributed by atoms with Gasteiger partial charge in [-0.05, 0) is 56.2 Å². The fraction of sp³-hybridized carbons (Fsp3) is 0.348. The Hall–Kier alpha value is -2.66. The number of aromatic nitrogens is 3. The third-order valence-corrected chi connectivity index (χ3v) is 4.42. The number of hydrogen-bond acceptors (Lipinski definition) is 5. The van der Waals surface area contributed by atoms with E-state index in [4.69, 9.17) is 4.74 Å². The van der Waals surface area contributed by atoms with Crippen LogP contribution in [-0.2, 0) is 6.54 Å². The van der Waals surface area contributed by atoms with Gasteiger partial charge in [0.1, 0.15) is 17.9 Å². The van der Waals surface area contributed by atoms with Crippen LogP contribution in [0.25, 0.3) is 5.82 Å². The Kier molecular flexibility index (Phi) is 10.4. The van der Waals surface area contributed by atoms with Crippen LogP contribution in [0, 0.1) is 0 Å². The predicted octanol–water partition coefficient (Wildman–Crippen LogP) is 3.46. The van der Waals surface area contributed by atoms with Crippen molar-refractivity contribution in [2.75, 3.05) is 13.1 Å². The van der Waals surface area contributed by atoms with E-state index in [-0.39, 0.29) is 30.1 Å². The molecule has 0 saturated carbocycles. The molecule has 1 atom stereocenters. The molecule has 32 heavy (non-hydrogen) atoms. The molecular weight excluding hydrogens is 519 g/mol. The summed E-state index contributed by atoms with van der Waals surface area (Å²) >= 11 is 0. The molecule has 0 fully saturated rings. The van der Waals surface area contributed by atoms with Crippen molar-refractivity contribution in [1.82, 2.24) is 25.2 Å². The second-order valence-electron chi connectivity index (χ2n) is 7.32. The van der Waals surface area contributed by atoms with Gasteiger partial charge in [-0.1, -0.05) is 12.1 Å². The third-order valence-electron chi connectivity index (χ3n) is 4.42. The molecule has 9 heteroatoms. The van der Waals surface area contributed by atoms with Gasteiger partial charge in [0, 0.05) is 31.7 Å². The van der Waals surface area contributed by atoms with Crippen molar-refractivity contribution in [2.45, 2.75) is 39.5 Å². The van der Waals surface area contributed by atoms with Gasteiger partial charge in [-0.15, -0.1) is 24.0 Å². The lowest BCUT2D eigenvalue weighted by Gasteiger charge is -2.17. The Labute approximate surface area is 206 Å². The molecule has 0 aliphatic heterocycles. The van der Waals surface area contributed by atoms with Gasteiger partial charge in [0.05, 0.1) is 18.8 Å². The molecule has 8 nitrogen and oxygen atoms in total. The summed E-state index contributed by atoms with van der Waals surface area (Å²) in [5, 5.41) is 17.0. The fourth-order valence-corrected chi connectivity index (χ4v) is 2.99. The Morgan fingerprint density at radius 3 is 2.75 bits per heavy atom. The average molecular weight is 550 g/mol. The van der Waals surface area contributed by atoms with E-state index in [2.05, 4.69) is 25.6 Å². The highest BCUT2D eigenvalue weighted by molar-refractivity contribution is 14.0. The van der Waals surface area contributed by atoms with Gasteiger partial charge in [-0.2, -0.15) is 0 Å². The molecule has 0 aliphatic carbocycles. The number of ether oxygens (including phenoxy) is 1. The number of benzene rings is 1. The van der Waals surface area contributed by atoms with E-state index < -0.39 is 6.10 Å². The van der Waals surface area contributed by atoms with Crippen molar-refractivity contribution in [3.05, 3.63) is 72.4 Å². The highest BCUT2D eigenvalue weighted by atomic mass is 127. The number of hydrogen-bond donors (Lipinski definition) is 3. The molecule has 0 radical (unpaired) electrons. The molecule has 2 aromatic heterocycles. The number of aliphatic hydroxyl groups is 1. The summed E-state index contributed by atoms with van der Waals surface area (Å²) in [6.07, 6.45) is 6.44. The molecule has 2 heterocycles. The average Bonchev–Trinajstić information content (AvgIpc) is 3.30. The first-order valence-corrected chi connectivity index (χ1v) is 10.4. The maximum Gasteiger partial charge on any atom is 0.191 e. The monoisotopic (exact) mass is 550 g/mol. The number of nitrogens with one attached hydrogen (secondary N) is 2. The normalized spacial score (nSPS) is 12.2. The zero-order valence-electron chi connectivity index (χ0n) is 18.6. The number of pyridine rings is 1. The van der Waals surface area contributed by atoms with Crippen molar-refractivity contribution in [2.24, 2.45) is 4.99 Å². The van der Waals surface area contributed by atoms with E-state index in [1.54, 1.807) is 18.7 Å². The number of rotatable bonds is 9. The van der Waals surface area contributed by atoms with Gasteiger partial charge in [0.15, 0.2) is 5.96 Å². The largest absolute Gasteiger partial charge is 0.491 e. The number of imidazole rings is 1. The molecule has 0 bridgehead atoms. The van der Waals surface area contributed by atoms with E-state index >= 15 is 0 Å². The predicted molar refractivity (Wildman–Crippen MR) is 137 cm³/mol. The van der Waals surface area contributed by atoms with Crippen LogP contribution in [0.2, 0.25) is 0 Å². The second-order valence-corrected chi connectivity index (χ2v) is 7.32. The molecular formula is C23H31IN6O2. The standard InChI is InChI=1S/C23H30N6O2.HI/c1-4-25-23(27-14-18-8-9-26-22(12-18)29-11-10-24-16-29)28-15-21(30)19-6-5-7-20(13-19)31-17(2)3;/h5-13,16-17,21,30H,4,14-15H2,1-3H3,(H2,25,27,28);1H. The van der Waals surface area contributed by atoms with Crippen molar-refractivity contribution < 1.29 is 9.84 Å². The molecule has 3 rings (SSSR count). The first-order valence-electron chi connectivity index (χ1n) is 10.4. The minimum absolute atomic E-state index is 0. The Balaban J connectivity index is 0.00000363.